The number of rotatable bonds is 8. The van der Waals surface area contributed by atoms with E-state index in [2.05, 4.69) is 20.4 Å². The topological polar surface area (TPSA) is 96.9 Å². The van der Waals surface area contributed by atoms with E-state index < -0.39 is 0 Å². The van der Waals surface area contributed by atoms with E-state index in [1.54, 1.807) is 6.08 Å². The van der Waals surface area contributed by atoms with Crippen molar-refractivity contribution < 1.29 is 19.1 Å². The van der Waals surface area contributed by atoms with Crippen molar-refractivity contribution in [1.82, 2.24) is 10.6 Å². The Balaban J connectivity index is 2.31. The molecule has 23 heavy (non-hydrogen) atoms. The second kappa shape index (κ2) is 10.8. The van der Waals surface area contributed by atoms with Crippen LogP contribution in [0.2, 0.25) is 0 Å². The average molecular weight is 325 g/mol. The molecule has 3 atom stereocenters. The molecule has 0 aromatic heterocycles. The highest BCUT2D eigenvalue weighted by Gasteiger charge is 2.22. The highest BCUT2D eigenvalue weighted by molar-refractivity contribution is 5.76. The van der Waals surface area contributed by atoms with Crippen molar-refractivity contribution in [3.63, 3.8) is 0 Å². The highest BCUT2D eigenvalue weighted by Crippen LogP contribution is 2.28. The number of esters is 1. The van der Waals surface area contributed by atoms with Crippen molar-refractivity contribution in [2.45, 2.75) is 51.5 Å². The van der Waals surface area contributed by atoms with E-state index in [0.717, 1.165) is 25.7 Å². The molecule has 0 radical (unpaired) electrons. The van der Waals surface area contributed by atoms with Crippen molar-refractivity contribution in [2.24, 2.45) is 16.8 Å². The smallest absolute Gasteiger partial charge is 0.315 e. The van der Waals surface area contributed by atoms with E-state index in [-0.39, 0.29) is 24.5 Å². The van der Waals surface area contributed by atoms with Crippen molar-refractivity contribution >= 4 is 18.1 Å². The predicted octanol–water partition coefficient (Wildman–Crippen LogP) is 1.77. The molecular formula is C16H27N3O4. The lowest BCUT2D eigenvalue weighted by molar-refractivity contribution is -0.141. The summed E-state index contributed by atoms with van der Waals surface area (Å²) in [5, 5.41) is 5.67. The first-order chi connectivity index (χ1) is 11.1. The number of urea groups is 1. The Kier molecular flexibility index (Phi) is 8.98. The van der Waals surface area contributed by atoms with Gasteiger partial charge in [0.15, 0.2) is 0 Å². The lowest BCUT2D eigenvalue weighted by Crippen LogP contribution is -2.44. The van der Waals surface area contributed by atoms with Crippen molar-refractivity contribution in [2.75, 3.05) is 20.2 Å². The summed E-state index contributed by atoms with van der Waals surface area (Å²) in [6.45, 7) is 3.04. The molecule has 1 aliphatic carbocycles. The van der Waals surface area contributed by atoms with Gasteiger partial charge in [0.2, 0.25) is 6.08 Å². The molecule has 0 heterocycles. The van der Waals surface area contributed by atoms with Gasteiger partial charge in [-0.3, -0.25) is 4.79 Å². The van der Waals surface area contributed by atoms with Gasteiger partial charge < -0.3 is 15.4 Å². The summed E-state index contributed by atoms with van der Waals surface area (Å²) < 4.78 is 4.62. The van der Waals surface area contributed by atoms with Crippen molar-refractivity contribution in [1.29, 1.82) is 0 Å². The number of carbonyl (C=O) groups is 2. The monoisotopic (exact) mass is 325 g/mol. The molecule has 1 rings (SSSR count). The molecule has 0 bridgehead atoms. The molecule has 3 unspecified atom stereocenters. The van der Waals surface area contributed by atoms with Crippen molar-refractivity contribution in [3.8, 4) is 0 Å². The van der Waals surface area contributed by atoms with Gasteiger partial charge in [-0.15, -0.1) is 0 Å². The standard InChI is InChI=1S/C16H27N3O4/c1-3-14(8-15(21)23-2)19-16(22)18-10-13-6-4-5-12(7-13)9-17-11-20/h12-14H,3-10H2,1-2H3,(H2,18,19,22). The first kappa shape index (κ1) is 19.2. The van der Waals surface area contributed by atoms with Gasteiger partial charge in [-0.05, 0) is 37.5 Å². The van der Waals surface area contributed by atoms with Crippen LogP contribution in [0.4, 0.5) is 4.79 Å². The summed E-state index contributed by atoms with van der Waals surface area (Å²) in [5.74, 6) is 0.479. The fourth-order valence-electron chi connectivity index (χ4n) is 2.98. The minimum atomic E-state index is -0.331. The third-order valence-electron chi connectivity index (χ3n) is 4.33. The molecule has 7 nitrogen and oxygen atoms in total. The van der Waals surface area contributed by atoms with Crippen LogP contribution in [0.3, 0.4) is 0 Å². The van der Waals surface area contributed by atoms with Crippen LogP contribution in [0.25, 0.3) is 0 Å². The van der Waals surface area contributed by atoms with Crippen LogP contribution in [0.1, 0.15) is 45.4 Å². The molecule has 1 fully saturated rings. The number of hydrogen-bond donors (Lipinski definition) is 2. The second-order valence-corrected chi connectivity index (χ2v) is 6.07. The van der Waals surface area contributed by atoms with Crippen LogP contribution in [0.5, 0.6) is 0 Å². The summed E-state index contributed by atoms with van der Waals surface area (Å²) in [6.07, 6.45) is 6.62. The van der Waals surface area contributed by atoms with Crippen LogP contribution in [-0.4, -0.2) is 44.3 Å². The number of nitrogens with one attached hydrogen (secondary N) is 2. The van der Waals surface area contributed by atoms with Gasteiger partial charge in [0.1, 0.15) is 0 Å². The average Bonchev–Trinajstić information content (AvgIpc) is 2.57. The number of nitrogens with zero attached hydrogens (tertiary/aromatic N) is 1. The van der Waals surface area contributed by atoms with Crippen LogP contribution < -0.4 is 10.6 Å². The first-order valence-corrected chi connectivity index (χ1v) is 8.23. The Labute approximate surface area is 137 Å². The van der Waals surface area contributed by atoms with Gasteiger partial charge in [-0.1, -0.05) is 13.3 Å². The number of aliphatic imine (C=N–C) groups is 1. The molecule has 0 aromatic carbocycles. The van der Waals surface area contributed by atoms with Gasteiger partial charge in [0.05, 0.1) is 20.1 Å². The maximum Gasteiger partial charge on any atom is 0.315 e. The van der Waals surface area contributed by atoms with Gasteiger partial charge >= 0.3 is 12.0 Å². The zero-order valence-electron chi connectivity index (χ0n) is 14.0. The fraction of sp³-hybridized carbons (Fsp3) is 0.812. The number of ether oxygens (including phenoxy) is 1. The van der Waals surface area contributed by atoms with Crippen LogP contribution in [0.15, 0.2) is 4.99 Å². The molecular weight excluding hydrogens is 298 g/mol. The molecule has 1 saturated carbocycles. The Morgan fingerprint density at radius 3 is 2.74 bits per heavy atom. The Hall–Kier alpha value is -1.88. The van der Waals surface area contributed by atoms with E-state index in [4.69, 9.17) is 0 Å². The number of amides is 2. The maximum absolute atomic E-state index is 11.9. The lowest BCUT2D eigenvalue weighted by atomic mass is 9.81. The van der Waals surface area contributed by atoms with E-state index >= 15 is 0 Å². The number of isocyanates is 1. The largest absolute Gasteiger partial charge is 0.469 e. The Bertz CT molecular complexity index is 435. The predicted molar refractivity (Wildman–Crippen MR) is 85.7 cm³/mol. The minimum absolute atomic E-state index is 0.176. The van der Waals surface area contributed by atoms with Crippen LogP contribution in [-0.2, 0) is 14.3 Å². The Morgan fingerprint density at radius 2 is 2.09 bits per heavy atom. The van der Waals surface area contributed by atoms with E-state index in [9.17, 15) is 14.4 Å². The molecule has 130 valence electrons. The summed E-state index contributed by atoms with van der Waals surface area (Å²) >= 11 is 0. The number of methoxy groups -OCH3 is 1. The van der Waals surface area contributed by atoms with E-state index in [1.165, 1.54) is 7.11 Å². The van der Waals surface area contributed by atoms with Gasteiger partial charge in [-0.2, -0.15) is 0 Å². The second-order valence-electron chi connectivity index (χ2n) is 6.07. The van der Waals surface area contributed by atoms with Gasteiger partial charge in [0, 0.05) is 12.6 Å². The lowest BCUT2D eigenvalue weighted by Gasteiger charge is -2.28. The van der Waals surface area contributed by atoms with Crippen LogP contribution >= 0.6 is 0 Å². The third-order valence-corrected chi connectivity index (χ3v) is 4.33. The summed E-state index contributed by atoms with van der Waals surface area (Å²) in [7, 11) is 1.34. The molecule has 2 N–H and O–H groups in total. The number of carbonyl (C=O) groups excluding carboxylic acids is 3. The fourth-order valence-corrected chi connectivity index (χ4v) is 2.98. The normalized spacial score (nSPS) is 21.7. The maximum atomic E-state index is 11.9. The molecule has 0 spiro atoms. The molecule has 1 aliphatic rings. The molecule has 0 aliphatic heterocycles. The summed E-state index contributed by atoms with van der Waals surface area (Å²) in [4.78, 5) is 37.0. The Morgan fingerprint density at radius 1 is 1.35 bits per heavy atom. The summed E-state index contributed by atoms with van der Waals surface area (Å²) in [5.41, 5.74) is 0. The van der Waals surface area contributed by atoms with Gasteiger partial charge in [0.25, 0.3) is 0 Å². The third kappa shape index (κ3) is 7.79. The zero-order chi connectivity index (χ0) is 17.1. The minimum Gasteiger partial charge on any atom is -0.469 e. The van der Waals surface area contributed by atoms with Gasteiger partial charge in [-0.25, -0.2) is 14.6 Å². The van der Waals surface area contributed by atoms with E-state index in [0.29, 0.717) is 31.3 Å². The molecule has 2 amide bonds. The summed E-state index contributed by atoms with van der Waals surface area (Å²) in [6, 6.07) is -0.475. The number of hydrogen-bond acceptors (Lipinski definition) is 5. The van der Waals surface area contributed by atoms with Crippen LogP contribution in [0, 0.1) is 11.8 Å². The van der Waals surface area contributed by atoms with E-state index in [1.807, 2.05) is 6.92 Å². The highest BCUT2D eigenvalue weighted by atomic mass is 16.5. The quantitative estimate of drug-likeness (QED) is 0.404. The molecule has 0 aromatic rings. The molecule has 0 saturated heterocycles. The zero-order valence-corrected chi connectivity index (χ0v) is 14.0. The SMILES string of the molecule is CCC(CC(=O)OC)NC(=O)NCC1CCCC(CN=C=O)C1. The molecule has 7 heteroatoms. The first-order valence-electron chi connectivity index (χ1n) is 8.23. The van der Waals surface area contributed by atoms with Crippen molar-refractivity contribution in [3.05, 3.63) is 0 Å².